The van der Waals surface area contributed by atoms with Crippen molar-refractivity contribution < 1.29 is 13.6 Å². The van der Waals surface area contributed by atoms with Gasteiger partial charge in [-0.2, -0.15) is 0 Å². The van der Waals surface area contributed by atoms with Crippen LogP contribution >= 0.6 is 15.9 Å². The average Bonchev–Trinajstić information content (AvgIpc) is 2.85. The predicted molar refractivity (Wildman–Crippen MR) is 209 cm³/mol. The third-order valence-corrected chi connectivity index (χ3v) is 22.4. The number of fused-ring (bicyclic) bond motifs is 2. The molecule has 1 aliphatic carbocycles. The Kier molecular flexibility index (Phi) is 14.4. The molecule has 0 spiro atoms. The highest BCUT2D eigenvalue weighted by molar-refractivity contribution is 9.10. The van der Waals surface area contributed by atoms with E-state index in [4.69, 9.17) is 13.6 Å². The van der Waals surface area contributed by atoms with Gasteiger partial charge < -0.3 is 13.6 Å². The first kappa shape index (κ1) is 41.2. The zero-order valence-corrected chi connectivity index (χ0v) is 36.8. The van der Waals surface area contributed by atoms with Gasteiger partial charge in [0.25, 0.3) is 0 Å². The van der Waals surface area contributed by atoms with Crippen molar-refractivity contribution in [1.29, 1.82) is 0 Å². The molecule has 1 saturated heterocycles. The van der Waals surface area contributed by atoms with Gasteiger partial charge in [-0.05, 0) is 100 Å². The lowest BCUT2D eigenvalue weighted by molar-refractivity contribution is -0.129. The molecule has 0 amide bonds. The zero-order valence-electron chi connectivity index (χ0n) is 32.2. The standard InChI is InChI=1S/C38H71BrO3Si3/c1-31(21-17-16-18-26-43(9,10)11)22-19-23-32(2)33(42-45(14,15)36(6,7)8)27-34-37(29-41-44(12,13)35(3,4)5)24-20-25-38(34,39)30-40-28-37/h21,23,33-34H,16-17,19-20,22,24-25,27-30H2,1-15H3/b31-21+,32-23+/t33-,34-,37+,38+/m0/s1. The molecule has 0 unspecified atom stereocenters. The van der Waals surface area contributed by atoms with E-state index in [9.17, 15) is 0 Å². The summed E-state index contributed by atoms with van der Waals surface area (Å²) in [6.45, 7) is 37.6. The number of hydrogen-bond acceptors (Lipinski definition) is 3. The van der Waals surface area contributed by atoms with Crippen LogP contribution in [0, 0.1) is 22.8 Å². The largest absolute Gasteiger partial charge is 0.416 e. The lowest BCUT2D eigenvalue weighted by atomic mass is 9.59. The Morgan fingerprint density at radius 3 is 2.11 bits per heavy atom. The fourth-order valence-electron chi connectivity index (χ4n) is 6.17. The fraction of sp³-hybridized carbons (Fsp3) is 0.842. The molecule has 2 fully saturated rings. The minimum absolute atomic E-state index is 0.0164. The second-order valence-corrected chi connectivity index (χ2v) is 34.5. The molecule has 2 rings (SSSR count). The minimum atomic E-state index is -2.01. The molecule has 0 aromatic rings. The molecule has 45 heavy (non-hydrogen) atoms. The van der Waals surface area contributed by atoms with Gasteiger partial charge in [-0.15, -0.1) is 11.5 Å². The first-order chi connectivity index (χ1) is 20.3. The summed E-state index contributed by atoms with van der Waals surface area (Å²) in [6.07, 6.45) is 13.7. The Morgan fingerprint density at radius 1 is 0.911 bits per heavy atom. The van der Waals surface area contributed by atoms with Crippen LogP contribution in [0.3, 0.4) is 0 Å². The summed E-state index contributed by atoms with van der Waals surface area (Å²) in [4.78, 5) is 0. The molecule has 2 aliphatic rings. The highest BCUT2D eigenvalue weighted by Crippen LogP contribution is 2.57. The van der Waals surface area contributed by atoms with Crippen molar-refractivity contribution in [2.45, 2.75) is 173 Å². The van der Waals surface area contributed by atoms with E-state index in [1.807, 2.05) is 0 Å². The van der Waals surface area contributed by atoms with Gasteiger partial charge in [-0.3, -0.25) is 0 Å². The van der Waals surface area contributed by atoms with Crippen LogP contribution in [0.5, 0.6) is 0 Å². The number of unbranched alkanes of at least 4 members (excludes halogenated alkanes) is 1. The number of hydrogen-bond donors (Lipinski definition) is 0. The van der Waals surface area contributed by atoms with E-state index >= 15 is 0 Å². The number of allylic oxidation sites excluding steroid dienone is 3. The predicted octanol–water partition coefficient (Wildman–Crippen LogP) is 12.1. The number of alkyl halides is 1. The number of halogens is 1. The summed E-state index contributed by atoms with van der Waals surface area (Å²) in [5.41, 5.74) is 6.38. The monoisotopic (exact) mass is 738 g/mol. The van der Waals surface area contributed by atoms with Gasteiger partial charge in [-0.1, -0.05) is 101 Å². The van der Waals surface area contributed by atoms with E-state index in [1.54, 1.807) is 0 Å². The zero-order chi connectivity index (χ0) is 34.5. The van der Waals surface area contributed by atoms with Gasteiger partial charge in [-0.25, -0.2) is 0 Å². The third kappa shape index (κ3) is 11.9. The molecule has 260 valence electrons. The summed E-state index contributed by atoms with van der Waals surface area (Å²) in [6, 6.07) is 0. The smallest absolute Gasteiger partial charge is 0.192 e. The van der Waals surface area contributed by atoms with Gasteiger partial charge in [0.05, 0.1) is 23.6 Å². The second-order valence-electron chi connectivity index (χ2n) is 18.6. The van der Waals surface area contributed by atoms with Crippen LogP contribution < -0.4 is 0 Å². The SMILES string of the molecule is C/C(=C\CCC#C[Si](C)(C)C)CC/C=C(\C)[C@H](C[C@@H]1[C@@]2(Br)CCC[C@]1(CO[Si](C)(C)C(C)(C)C)COC2)O[Si](C)(C)C(C)(C)C. The molecular weight excluding hydrogens is 669 g/mol. The van der Waals surface area contributed by atoms with Crippen LogP contribution in [0.2, 0.25) is 55.9 Å². The molecule has 1 saturated carbocycles. The van der Waals surface area contributed by atoms with Crippen molar-refractivity contribution in [3.8, 4) is 11.5 Å². The quantitative estimate of drug-likeness (QED) is 0.0619. The molecule has 4 atom stereocenters. The molecule has 3 nitrogen and oxygen atoms in total. The summed E-state index contributed by atoms with van der Waals surface area (Å²) in [7, 11) is -5.18. The Morgan fingerprint density at radius 2 is 1.53 bits per heavy atom. The van der Waals surface area contributed by atoms with Crippen molar-refractivity contribution in [1.82, 2.24) is 0 Å². The van der Waals surface area contributed by atoms with Gasteiger partial charge in [0.1, 0.15) is 8.07 Å². The van der Waals surface area contributed by atoms with E-state index in [1.165, 1.54) is 24.0 Å². The Hall–Kier alpha value is 0.0506. The maximum absolute atomic E-state index is 7.35. The van der Waals surface area contributed by atoms with E-state index in [-0.39, 0.29) is 25.9 Å². The van der Waals surface area contributed by atoms with Crippen molar-refractivity contribution in [2.24, 2.45) is 11.3 Å². The van der Waals surface area contributed by atoms with Crippen LogP contribution in [0.25, 0.3) is 0 Å². The molecule has 2 bridgehead atoms. The molecule has 0 aromatic carbocycles. The molecular formula is C38H71BrO3Si3. The number of rotatable bonds is 13. The molecule has 7 heteroatoms. The van der Waals surface area contributed by atoms with E-state index in [2.05, 4.69) is 141 Å². The second kappa shape index (κ2) is 15.7. The summed E-state index contributed by atoms with van der Waals surface area (Å²) in [5, 5.41) is 0.347. The Labute approximate surface area is 291 Å². The Bertz CT molecular complexity index is 1080. The average molecular weight is 740 g/mol. The summed E-state index contributed by atoms with van der Waals surface area (Å²) >= 11 is 4.31. The first-order valence-corrected chi connectivity index (χ1v) is 27.9. The highest BCUT2D eigenvalue weighted by atomic mass is 79.9. The minimum Gasteiger partial charge on any atom is -0.416 e. The van der Waals surface area contributed by atoms with Crippen molar-refractivity contribution in [3.05, 3.63) is 23.3 Å². The van der Waals surface area contributed by atoms with Crippen molar-refractivity contribution in [3.63, 3.8) is 0 Å². The fourth-order valence-corrected chi connectivity index (χ4v) is 10.4. The van der Waals surface area contributed by atoms with Gasteiger partial charge in [0.2, 0.25) is 0 Å². The van der Waals surface area contributed by atoms with E-state index in [0.717, 1.165) is 58.3 Å². The van der Waals surface area contributed by atoms with E-state index in [0.29, 0.717) is 5.92 Å². The van der Waals surface area contributed by atoms with Crippen LogP contribution in [-0.4, -0.2) is 55.0 Å². The maximum Gasteiger partial charge on any atom is 0.192 e. The molecule has 0 aromatic heterocycles. The lowest BCUT2D eigenvalue weighted by Gasteiger charge is -2.58. The highest BCUT2D eigenvalue weighted by Gasteiger charge is 2.57. The topological polar surface area (TPSA) is 27.7 Å². The van der Waals surface area contributed by atoms with Crippen molar-refractivity contribution >= 4 is 40.6 Å². The molecule has 0 N–H and O–H groups in total. The first-order valence-electron chi connectivity index (χ1n) is 17.8. The maximum atomic E-state index is 7.35. The third-order valence-electron chi connectivity index (χ3n) is 11.3. The van der Waals surface area contributed by atoms with Crippen LogP contribution in [0.1, 0.15) is 107 Å². The lowest BCUT2D eigenvalue weighted by Crippen LogP contribution is -2.60. The van der Waals surface area contributed by atoms with Gasteiger partial charge >= 0.3 is 0 Å². The molecule has 1 heterocycles. The summed E-state index contributed by atoms with van der Waals surface area (Å²) in [5.74, 6) is 3.85. The molecule has 0 radical (unpaired) electrons. The Balaban J connectivity index is 2.32. The number of ether oxygens (including phenoxy) is 1. The van der Waals surface area contributed by atoms with E-state index < -0.39 is 24.7 Å². The van der Waals surface area contributed by atoms with Gasteiger partial charge in [0, 0.05) is 18.4 Å². The van der Waals surface area contributed by atoms with Crippen LogP contribution in [0.15, 0.2) is 23.3 Å². The molecule has 1 aliphatic heterocycles. The van der Waals surface area contributed by atoms with Crippen molar-refractivity contribution in [2.75, 3.05) is 19.8 Å². The van der Waals surface area contributed by atoms with Crippen LogP contribution in [-0.2, 0) is 13.6 Å². The normalized spacial score (nSPS) is 26.4. The summed E-state index contributed by atoms with van der Waals surface area (Å²) < 4.78 is 20.7. The van der Waals surface area contributed by atoms with Gasteiger partial charge in [0.15, 0.2) is 16.6 Å². The van der Waals surface area contributed by atoms with Crippen LogP contribution in [0.4, 0.5) is 0 Å².